The predicted octanol–water partition coefficient (Wildman–Crippen LogP) is 0.537. The second kappa shape index (κ2) is 6.70. The second-order valence-corrected chi connectivity index (χ2v) is 6.25. The lowest BCUT2D eigenvalue weighted by atomic mass is 9.97. The van der Waals surface area contributed by atoms with Crippen LogP contribution in [0, 0.1) is 5.92 Å². The van der Waals surface area contributed by atoms with Gasteiger partial charge in [-0.3, -0.25) is 9.58 Å². The second-order valence-electron chi connectivity index (χ2n) is 6.25. The van der Waals surface area contributed by atoms with Crippen LogP contribution in [-0.2, 0) is 13.6 Å². The van der Waals surface area contributed by atoms with Gasteiger partial charge in [0.2, 0.25) is 0 Å². The molecule has 2 aliphatic heterocycles. The minimum absolute atomic E-state index is 0.915. The molecule has 112 valence electrons. The predicted molar refractivity (Wildman–Crippen MR) is 80.5 cm³/mol. The first-order valence-electron chi connectivity index (χ1n) is 7.93. The fraction of sp³-hybridized carbons (Fsp3) is 0.800. The molecular weight excluding hydrogens is 250 g/mol. The Kier molecular flexibility index (Phi) is 4.70. The van der Waals surface area contributed by atoms with E-state index in [1.807, 2.05) is 17.9 Å². The Hall–Kier alpha value is -0.910. The highest BCUT2D eigenvalue weighted by atomic mass is 15.3. The van der Waals surface area contributed by atoms with Gasteiger partial charge in [-0.05, 0) is 37.9 Å². The summed E-state index contributed by atoms with van der Waals surface area (Å²) in [6.45, 7) is 9.53. The molecule has 0 saturated carbocycles. The van der Waals surface area contributed by atoms with Crippen LogP contribution in [0.25, 0.3) is 0 Å². The lowest BCUT2D eigenvalue weighted by Crippen LogP contribution is -2.48. The van der Waals surface area contributed by atoms with Crippen LogP contribution in [0.15, 0.2) is 12.3 Å². The average Bonchev–Trinajstić information content (AvgIpc) is 2.88. The summed E-state index contributed by atoms with van der Waals surface area (Å²) in [4.78, 5) is 5.19. The van der Waals surface area contributed by atoms with Crippen LogP contribution >= 0.6 is 0 Å². The molecule has 2 aliphatic rings. The van der Waals surface area contributed by atoms with Crippen molar-refractivity contribution in [1.29, 1.82) is 0 Å². The molecule has 0 aliphatic carbocycles. The van der Waals surface area contributed by atoms with E-state index >= 15 is 0 Å². The molecule has 0 atom stereocenters. The molecule has 5 nitrogen and oxygen atoms in total. The number of aryl methyl sites for hydroxylation is 1. The van der Waals surface area contributed by atoms with Gasteiger partial charge < -0.3 is 10.2 Å². The van der Waals surface area contributed by atoms with Gasteiger partial charge in [0.25, 0.3) is 0 Å². The van der Waals surface area contributed by atoms with Crippen molar-refractivity contribution in [2.75, 3.05) is 45.8 Å². The maximum atomic E-state index is 4.47. The Balaban J connectivity index is 1.40. The summed E-state index contributed by atoms with van der Waals surface area (Å²) in [5, 5.41) is 7.92. The summed E-state index contributed by atoms with van der Waals surface area (Å²) in [5.74, 6) is 0.915. The van der Waals surface area contributed by atoms with Gasteiger partial charge in [-0.25, -0.2) is 0 Å². The van der Waals surface area contributed by atoms with E-state index in [1.54, 1.807) is 0 Å². The van der Waals surface area contributed by atoms with Gasteiger partial charge >= 0.3 is 0 Å². The van der Waals surface area contributed by atoms with Gasteiger partial charge in [-0.15, -0.1) is 0 Å². The Bertz CT molecular complexity index is 402. The molecule has 20 heavy (non-hydrogen) atoms. The molecule has 0 amide bonds. The van der Waals surface area contributed by atoms with Crippen LogP contribution in [0.5, 0.6) is 0 Å². The molecular formula is C15H27N5. The molecule has 0 spiro atoms. The summed E-state index contributed by atoms with van der Waals surface area (Å²) in [5.41, 5.74) is 1.19. The maximum absolute atomic E-state index is 4.47. The molecule has 1 aromatic rings. The molecule has 0 bridgehead atoms. The third-order valence-corrected chi connectivity index (χ3v) is 4.59. The minimum atomic E-state index is 0.915. The highest BCUT2D eigenvalue weighted by Crippen LogP contribution is 2.15. The molecule has 3 heterocycles. The van der Waals surface area contributed by atoms with Crippen LogP contribution in [0.2, 0.25) is 0 Å². The summed E-state index contributed by atoms with van der Waals surface area (Å²) in [6.07, 6.45) is 4.74. The molecule has 2 fully saturated rings. The van der Waals surface area contributed by atoms with Crippen LogP contribution in [0.1, 0.15) is 18.5 Å². The van der Waals surface area contributed by atoms with Crippen LogP contribution in [-0.4, -0.2) is 65.4 Å². The number of nitrogens with zero attached hydrogens (tertiary/aromatic N) is 4. The van der Waals surface area contributed by atoms with Gasteiger partial charge in [-0.2, -0.15) is 5.10 Å². The van der Waals surface area contributed by atoms with Crippen molar-refractivity contribution in [3.05, 3.63) is 18.0 Å². The quantitative estimate of drug-likeness (QED) is 0.871. The number of hydrogen-bond donors (Lipinski definition) is 1. The van der Waals surface area contributed by atoms with Gasteiger partial charge in [0.1, 0.15) is 0 Å². The normalized spacial score (nSPS) is 23.2. The van der Waals surface area contributed by atoms with Crippen LogP contribution in [0.3, 0.4) is 0 Å². The van der Waals surface area contributed by atoms with Gasteiger partial charge in [-0.1, -0.05) is 0 Å². The third-order valence-electron chi connectivity index (χ3n) is 4.59. The van der Waals surface area contributed by atoms with E-state index in [2.05, 4.69) is 26.3 Å². The number of piperazine rings is 1. The van der Waals surface area contributed by atoms with E-state index in [-0.39, 0.29) is 0 Å². The maximum Gasteiger partial charge on any atom is 0.0764 e. The van der Waals surface area contributed by atoms with Gasteiger partial charge in [0.15, 0.2) is 0 Å². The lowest BCUT2D eigenvalue weighted by Gasteiger charge is -2.37. The zero-order chi connectivity index (χ0) is 13.8. The third kappa shape index (κ3) is 3.81. The monoisotopic (exact) mass is 277 g/mol. The minimum Gasteiger partial charge on any atom is -0.317 e. The van der Waals surface area contributed by atoms with Gasteiger partial charge in [0, 0.05) is 52.5 Å². The van der Waals surface area contributed by atoms with E-state index in [0.29, 0.717) is 0 Å². The highest BCUT2D eigenvalue weighted by Gasteiger charge is 2.21. The van der Waals surface area contributed by atoms with E-state index in [0.717, 1.165) is 12.5 Å². The zero-order valence-electron chi connectivity index (χ0n) is 12.6. The largest absolute Gasteiger partial charge is 0.317 e. The Labute approximate surface area is 121 Å². The molecule has 3 rings (SSSR count). The number of hydrogen-bond acceptors (Lipinski definition) is 4. The molecule has 5 heteroatoms. The first-order valence-corrected chi connectivity index (χ1v) is 7.93. The molecule has 0 unspecified atom stereocenters. The lowest BCUT2D eigenvalue weighted by molar-refractivity contribution is 0.106. The van der Waals surface area contributed by atoms with Gasteiger partial charge in [0.05, 0.1) is 5.69 Å². The summed E-state index contributed by atoms with van der Waals surface area (Å²) in [7, 11) is 1.99. The summed E-state index contributed by atoms with van der Waals surface area (Å²) >= 11 is 0. The van der Waals surface area contributed by atoms with Crippen molar-refractivity contribution in [1.82, 2.24) is 24.9 Å². The van der Waals surface area contributed by atoms with E-state index in [4.69, 9.17) is 0 Å². The Morgan fingerprint density at radius 3 is 2.50 bits per heavy atom. The molecule has 1 aromatic heterocycles. The SMILES string of the molecule is Cn1ccc(CN2CCN(CC3CCNCC3)CC2)n1. The van der Waals surface area contributed by atoms with E-state index in [9.17, 15) is 0 Å². The Morgan fingerprint density at radius 2 is 1.85 bits per heavy atom. The fourth-order valence-electron chi connectivity index (χ4n) is 3.34. The van der Waals surface area contributed by atoms with Crippen molar-refractivity contribution >= 4 is 0 Å². The molecule has 0 radical (unpaired) electrons. The fourth-order valence-corrected chi connectivity index (χ4v) is 3.34. The van der Waals surface area contributed by atoms with Crippen molar-refractivity contribution < 1.29 is 0 Å². The highest BCUT2D eigenvalue weighted by molar-refractivity contribution is 4.98. The van der Waals surface area contributed by atoms with Crippen molar-refractivity contribution in [2.45, 2.75) is 19.4 Å². The molecule has 0 aromatic carbocycles. The number of nitrogens with one attached hydrogen (secondary N) is 1. The zero-order valence-corrected chi connectivity index (χ0v) is 12.6. The Morgan fingerprint density at radius 1 is 1.15 bits per heavy atom. The number of piperidine rings is 1. The smallest absolute Gasteiger partial charge is 0.0764 e. The summed E-state index contributed by atoms with van der Waals surface area (Å²) < 4.78 is 1.89. The first-order chi connectivity index (χ1) is 9.79. The summed E-state index contributed by atoms with van der Waals surface area (Å²) in [6, 6.07) is 2.13. The van der Waals surface area contributed by atoms with Crippen molar-refractivity contribution in [2.24, 2.45) is 13.0 Å². The van der Waals surface area contributed by atoms with E-state index in [1.165, 1.54) is 64.3 Å². The number of rotatable bonds is 4. The molecule has 2 saturated heterocycles. The van der Waals surface area contributed by atoms with Crippen LogP contribution < -0.4 is 5.32 Å². The first kappa shape index (κ1) is 14.0. The van der Waals surface area contributed by atoms with Crippen LogP contribution in [0.4, 0.5) is 0 Å². The average molecular weight is 277 g/mol. The van der Waals surface area contributed by atoms with E-state index < -0.39 is 0 Å². The number of aromatic nitrogens is 2. The standard InChI is InChI=1S/C15H27N5/c1-18-7-4-15(17-18)13-20-10-8-19(9-11-20)12-14-2-5-16-6-3-14/h4,7,14,16H,2-3,5-6,8-13H2,1H3. The van der Waals surface area contributed by atoms with Crippen molar-refractivity contribution in [3.8, 4) is 0 Å². The van der Waals surface area contributed by atoms with Crippen molar-refractivity contribution in [3.63, 3.8) is 0 Å². The molecule has 1 N–H and O–H groups in total. The topological polar surface area (TPSA) is 36.3 Å².